The van der Waals surface area contributed by atoms with Gasteiger partial charge in [0.25, 0.3) is 0 Å². The van der Waals surface area contributed by atoms with Crippen molar-refractivity contribution in [2.24, 2.45) is 5.73 Å². The molecule has 0 spiro atoms. The number of fused-ring (bicyclic) bond motifs is 2. The van der Waals surface area contributed by atoms with Crippen LogP contribution in [0.25, 0.3) is 21.5 Å². The van der Waals surface area contributed by atoms with Crippen molar-refractivity contribution in [3.63, 3.8) is 0 Å². The van der Waals surface area contributed by atoms with E-state index in [0.717, 1.165) is 32.7 Å². The van der Waals surface area contributed by atoms with Crippen molar-refractivity contribution in [3.05, 3.63) is 96.1 Å². The van der Waals surface area contributed by atoms with E-state index in [9.17, 15) is 19.5 Å². The Labute approximate surface area is 214 Å². The van der Waals surface area contributed by atoms with Gasteiger partial charge in [0.2, 0.25) is 11.8 Å². The summed E-state index contributed by atoms with van der Waals surface area (Å²) in [5.74, 6) is -1.23. The summed E-state index contributed by atoms with van der Waals surface area (Å²) in [7, 11) is 0. The number of rotatable bonds is 10. The van der Waals surface area contributed by atoms with Crippen molar-refractivity contribution in [3.8, 4) is 0 Å². The Kier molecular flexibility index (Phi) is 8.33. The molecule has 190 valence electrons. The van der Waals surface area contributed by atoms with Crippen molar-refractivity contribution in [1.82, 2.24) is 10.6 Å². The molecule has 0 bridgehead atoms. The number of carbonyl (C=O) groups excluding carboxylic acids is 3. The summed E-state index contributed by atoms with van der Waals surface area (Å²) in [6.07, 6.45) is -2.00. The molecule has 4 aromatic carbocycles. The highest BCUT2D eigenvalue weighted by atomic mass is 16.5. The van der Waals surface area contributed by atoms with Gasteiger partial charge in [0.15, 0.2) is 0 Å². The lowest BCUT2D eigenvalue weighted by Gasteiger charge is -2.19. The maximum Gasteiger partial charge on any atom is 0.407 e. The lowest BCUT2D eigenvalue weighted by molar-refractivity contribution is -0.128. The minimum Gasteiger partial charge on any atom is -0.445 e. The normalized spacial score (nSPS) is 12.6. The Balaban J connectivity index is 1.36. The molecule has 0 aromatic heterocycles. The molecule has 0 aliphatic heterocycles. The number of amides is 3. The third kappa shape index (κ3) is 6.83. The number of primary amides is 1. The van der Waals surface area contributed by atoms with E-state index in [1.54, 1.807) is 0 Å². The van der Waals surface area contributed by atoms with Gasteiger partial charge in [-0.25, -0.2) is 4.79 Å². The number of alkyl carbamates (subject to hydrolysis) is 1. The SMILES string of the molecule is NC(=O)[C@H](Cc1c2ccccc2cc2ccccc12)NC(=O)C[C@@H](O)CNC(=O)OCc1ccccc1. The van der Waals surface area contributed by atoms with E-state index in [0.29, 0.717) is 0 Å². The minimum absolute atomic E-state index is 0.0897. The van der Waals surface area contributed by atoms with Crippen molar-refractivity contribution in [2.45, 2.75) is 31.6 Å². The molecule has 0 unspecified atom stereocenters. The summed E-state index contributed by atoms with van der Waals surface area (Å²) >= 11 is 0. The maximum absolute atomic E-state index is 12.6. The van der Waals surface area contributed by atoms with Crippen LogP contribution in [0.5, 0.6) is 0 Å². The van der Waals surface area contributed by atoms with Crippen LogP contribution in [0.15, 0.2) is 84.9 Å². The molecule has 8 heteroatoms. The zero-order valence-electron chi connectivity index (χ0n) is 20.2. The summed E-state index contributed by atoms with van der Waals surface area (Å²) in [5, 5.41) is 19.3. The van der Waals surface area contributed by atoms with Crippen LogP contribution in [-0.4, -0.2) is 41.7 Å². The van der Waals surface area contributed by atoms with E-state index in [1.165, 1.54) is 0 Å². The van der Waals surface area contributed by atoms with Gasteiger partial charge in [0, 0.05) is 13.0 Å². The number of aliphatic hydroxyl groups is 1. The fourth-order valence-electron chi connectivity index (χ4n) is 4.27. The summed E-state index contributed by atoms with van der Waals surface area (Å²) in [6.45, 7) is -0.0946. The van der Waals surface area contributed by atoms with Gasteiger partial charge >= 0.3 is 6.09 Å². The van der Waals surface area contributed by atoms with Gasteiger partial charge in [-0.2, -0.15) is 0 Å². The molecular formula is C29H29N3O5. The zero-order chi connectivity index (χ0) is 26.2. The Morgan fingerprint density at radius 2 is 1.46 bits per heavy atom. The minimum atomic E-state index is -1.17. The fourth-order valence-corrected chi connectivity index (χ4v) is 4.27. The molecule has 0 aliphatic rings. The monoisotopic (exact) mass is 499 g/mol. The van der Waals surface area contributed by atoms with Crippen molar-refractivity contribution >= 4 is 39.5 Å². The van der Waals surface area contributed by atoms with Crippen LogP contribution in [0, 0.1) is 0 Å². The first-order chi connectivity index (χ1) is 17.9. The standard InChI is InChI=1S/C29H29N3O5/c30-28(35)26(16-25-23-12-6-4-10-20(23)14-21-11-5-7-13-24(21)25)32-27(34)15-22(33)17-31-29(36)37-18-19-8-2-1-3-9-19/h1-14,22,26,33H,15-18H2,(H2,30,35)(H,31,36)(H,32,34)/t22-,26+/m1/s1. The van der Waals surface area contributed by atoms with Crippen molar-refractivity contribution < 1.29 is 24.2 Å². The third-order valence-corrected chi connectivity index (χ3v) is 6.09. The largest absolute Gasteiger partial charge is 0.445 e. The number of ether oxygens (including phenoxy) is 1. The number of carbonyl (C=O) groups is 3. The van der Waals surface area contributed by atoms with E-state index in [4.69, 9.17) is 10.5 Å². The van der Waals surface area contributed by atoms with Crippen LogP contribution in [0.1, 0.15) is 17.5 Å². The summed E-state index contributed by atoms with van der Waals surface area (Å²) < 4.78 is 5.09. The number of nitrogens with two attached hydrogens (primary N) is 1. The smallest absolute Gasteiger partial charge is 0.407 e. The first kappa shape index (κ1) is 25.7. The second-order valence-electron chi connectivity index (χ2n) is 8.82. The summed E-state index contributed by atoms with van der Waals surface area (Å²) in [6, 6.07) is 26.0. The maximum atomic E-state index is 12.6. The Bertz CT molecular complexity index is 1350. The molecule has 8 nitrogen and oxygen atoms in total. The second kappa shape index (κ2) is 12.0. The highest BCUT2D eigenvalue weighted by Crippen LogP contribution is 2.29. The van der Waals surface area contributed by atoms with Crippen LogP contribution in [0.3, 0.4) is 0 Å². The lowest BCUT2D eigenvalue weighted by atomic mass is 9.92. The van der Waals surface area contributed by atoms with E-state index in [1.807, 2.05) is 78.9 Å². The number of hydrogen-bond acceptors (Lipinski definition) is 5. The third-order valence-electron chi connectivity index (χ3n) is 6.09. The average Bonchev–Trinajstić information content (AvgIpc) is 2.90. The van der Waals surface area contributed by atoms with Crippen molar-refractivity contribution in [1.29, 1.82) is 0 Å². The molecule has 2 atom stereocenters. The molecule has 3 amide bonds. The summed E-state index contributed by atoms with van der Waals surface area (Å²) in [5.41, 5.74) is 7.37. The Hall–Kier alpha value is -4.43. The molecule has 0 saturated heterocycles. The van der Waals surface area contributed by atoms with Gasteiger partial charge in [-0.3, -0.25) is 9.59 Å². The molecule has 0 aliphatic carbocycles. The van der Waals surface area contributed by atoms with E-state index < -0.39 is 30.1 Å². The highest BCUT2D eigenvalue weighted by molar-refractivity contribution is 6.03. The predicted molar refractivity (Wildman–Crippen MR) is 142 cm³/mol. The highest BCUT2D eigenvalue weighted by Gasteiger charge is 2.22. The van der Waals surface area contributed by atoms with Crippen molar-refractivity contribution in [2.75, 3.05) is 6.54 Å². The van der Waals surface area contributed by atoms with Crippen LogP contribution >= 0.6 is 0 Å². The summed E-state index contributed by atoms with van der Waals surface area (Å²) in [4.78, 5) is 36.8. The second-order valence-corrected chi connectivity index (χ2v) is 8.82. The van der Waals surface area contributed by atoms with E-state index >= 15 is 0 Å². The quantitative estimate of drug-likeness (QED) is 0.249. The molecule has 0 fully saturated rings. The molecule has 0 saturated carbocycles. The molecule has 4 rings (SSSR count). The van der Waals surface area contributed by atoms with Gasteiger partial charge in [-0.15, -0.1) is 0 Å². The molecule has 4 aromatic rings. The van der Waals surface area contributed by atoms with Gasteiger partial charge in [0.1, 0.15) is 12.6 Å². The first-order valence-corrected chi connectivity index (χ1v) is 12.0. The lowest BCUT2D eigenvalue weighted by Crippen LogP contribution is -2.47. The van der Waals surface area contributed by atoms with E-state index in [-0.39, 0.29) is 26.0 Å². The van der Waals surface area contributed by atoms with Gasteiger partial charge in [0.05, 0.1) is 12.5 Å². The number of benzene rings is 4. The fraction of sp³-hybridized carbons (Fsp3) is 0.207. The van der Waals surface area contributed by atoms with Crippen LogP contribution in [-0.2, 0) is 27.4 Å². The van der Waals surface area contributed by atoms with Gasteiger partial charge in [-0.1, -0.05) is 78.9 Å². The predicted octanol–water partition coefficient (Wildman–Crippen LogP) is 3.18. The van der Waals surface area contributed by atoms with Crippen LogP contribution in [0.2, 0.25) is 0 Å². The molecule has 5 N–H and O–H groups in total. The topological polar surface area (TPSA) is 131 Å². The molecular weight excluding hydrogens is 470 g/mol. The number of aliphatic hydroxyl groups excluding tert-OH is 1. The first-order valence-electron chi connectivity index (χ1n) is 12.0. The Morgan fingerprint density at radius 3 is 2.08 bits per heavy atom. The zero-order valence-corrected chi connectivity index (χ0v) is 20.2. The van der Waals surface area contributed by atoms with E-state index in [2.05, 4.69) is 16.7 Å². The molecule has 0 heterocycles. The number of nitrogens with one attached hydrogen (secondary N) is 2. The van der Waals surface area contributed by atoms with Gasteiger partial charge < -0.3 is 26.2 Å². The van der Waals surface area contributed by atoms with Crippen LogP contribution < -0.4 is 16.4 Å². The number of hydrogen-bond donors (Lipinski definition) is 4. The average molecular weight is 500 g/mol. The van der Waals surface area contributed by atoms with Crippen LogP contribution in [0.4, 0.5) is 4.79 Å². The Morgan fingerprint density at radius 1 is 0.865 bits per heavy atom. The van der Waals surface area contributed by atoms with Gasteiger partial charge in [-0.05, 0) is 38.7 Å². The molecule has 37 heavy (non-hydrogen) atoms. The molecule has 0 radical (unpaired) electrons.